The van der Waals surface area contributed by atoms with Crippen molar-refractivity contribution >= 4 is 38.9 Å². The Hall–Kier alpha value is -1.33. The number of aromatic carboxylic acids is 1. The van der Waals surface area contributed by atoms with Gasteiger partial charge in [-0.3, -0.25) is 0 Å². The van der Waals surface area contributed by atoms with Gasteiger partial charge in [-0.2, -0.15) is 0 Å². The number of nitrogen functional groups attached to an aromatic ring is 1. The molecule has 94 valence electrons. The lowest BCUT2D eigenvalue weighted by molar-refractivity contribution is 0.0703. The maximum Gasteiger partial charge on any atom is 0.348 e. The minimum Gasteiger partial charge on any atom is -0.477 e. The molecular weight excluding hydrogens is 314 g/mol. The summed E-state index contributed by atoms with van der Waals surface area (Å²) in [7, 11) is 0. The summed E-state index contributed by atoms with van der Waals surface area (Å²) >= 11 is 4.71. The number of benzene rings is 1. The number of carboxylic acids is 1. The summed E-state index contributed by atoms with van der Waals surface area (Å²) in [4.78, 5) is 12.2. The van der Waals surface area contributed by atoms with Crippen LogP contribution in [0.3, 0.4) is 0 Å². The summed E-state index contributed by atoms with van der Waals surface area (Å²) in [6.07, 6.45) is 0. The summed E-state index contributed by atoms with van der Waals surface area (Å²) in [6.45, 7) is 3.85. The maximum absolute atomic E-state index is 11.1. The fourth-order valence-corrected chi connectivity index (χ4v) is 3.43. The molecule has 3 N–H and O–H groups in total. The number of thiophene rings is 1. The quantitative estimate of drug-likeness (QED) is 0.874. The van der Waals surface area contributed by atoms with Gasteiger partial charge in [0.1, 0.15) is 4.88 Å². The van der Waals surface area contributed by atoms with Crippen LogP contribution >= 0.6 is 27.3 Å². The zero-order valence-corrected chi connectivity index (χ0v) is 12.4. The largest absolute Gasteiger partial charge is 0.477 e. The van der Waals surface area contributed by atoms with Crippen LogP contribution in [-0.4, -0.2) is 11.1 Å². The van der Waals surface area contributed by atoms with Crippen LogP contribution in [0.4, 0.5) is 5.69 Å². The number of halogens is 1. The summed E-state index contributed by atoms with van der Waals surface area (Å²) in [6, 6.07) is 5.98. The Kier molecular flexibility index (Phi) is 3.45. The molecule has 0 bridgehead atoms. The molecule has 0 fully saturated rings. The predicted octanol–water partition coefficient (Wildman–Crippen LogP) is 4.07. The molecule has 3 nitrogen and oxygen atoms in total. The zero-order chi connectivity index (χ0) is 13.4. The molecule has 0 saturated carbocycles. The van der Waals surface area contributed by atoms with Crippen LogP contribution in [0.5, 0.6) is 0 Å². The van der Waals surface area contributed by atoms with Crippen molar-refractivity contribution in [2.24, 2.45) is 0 Å². The van der Waals surface area contributed by atoms with Crippen molar-refractivity contribution in [2.75, 3.05) is 5.73 Å². The van der Waals surface area contributed by atoms with E-state index in [4.69, 9.17) is 10.8 Å². The summed E-state index contributed by atoms with van der Waals surface area (Å²) in [5.74, 6) is -0.976. The van der Waals surface area contributed by atoms with E-state index in [9.17, 15) is 4.79 Å². The number of rotatable bonds is 2. The molecule has 1 aromatic carbocycles. The van der Waals surface area contributed by atoms with E-state index in [1.165, 1.54) is 11.3 Å². The average Bonchev–Trinajstić information content (AvgIpc) is 2.60. The third-order valence-corrected chi connectivity index (χ3v) is 4.77. The Morgan fingerprint density at radius 1 is 1.39 bits per heavy atom. The van der Waals surface area contributed by atoms with Crippen LogP contribution in [0.15, 0.2) is 22.7 Å². The molecule has 0 radical (unpaired) electrons. The molecule has 0 spiro atoms. The van der Waals surface area contributed by atoms with Crippen molar-refractivity contribution < 1.29 is 9.90 Å². The van der Waals surface area contributed by atoms with Crippen molar-refractivity contribution in [1.29, 1.82) is 0 Å². The van der Waals surface area contributed by atoms with Gasteiger partial charge in [0.15, 0.2) is 0 Å². The number of hydrogen-bond acceptors (Lipinski definition) is 3. The highest BCUT2D eigenvalue weighted by atomic mass is 79.9. The molecule has 1 heterocycles. The highest BCUT2D eigenvalue weighted by molar-refractivity contribution is 9.10. The Labute approximate surface area is 117 Å². The molecule has 0 aliphatic rings. The van der Waals surface area contributed by atoms with Crippen molar-refractivity contribution in [3.63, 3.8) is 0 Å². The first-order valence-corrected chi connectivity index (χ1v) is 6.91. The summed E-state index contributed by atoms with van der Waals surface area (Å²) < 4.78 is 0.939. The van der Waals surface area contributed by atoms with Gasteiger partial charge in [-0.25, -0.2) is 4.79 Å². The Balaban J connectivity index is 2.68. The van der Waals surface area contributed by atoms with Gasteiger partial charge < -0.3 is 10.8 Å². The molecule has 2 rings (SSSR count). The minimum absolute atomic E-state index is 0.205. The van der Waals surface area contributed by atoms with Crippen LogP contribution in [0.25, 0.3) is 10.4 Å². The lowest BCUT2D eigenvalue weighted by Gasteiger charge is -2.05. The zero-order valence-electron chi connectivity index (χ0n) is 9.95. The van der Waals surface area contributed by atoms with Crippen LogP contribution in [0, 0.1) is 13.8 Å². The van der Waals surface area contributed by atoms with E-state index in [2.05, 4.69) is 15.9 Å². The van der Waals surface area contributed by atoms with Gasteiger partial charge in [-0.15, -0.1) is 11.3 Å². The van der Waals surface area contributed by atoms with E-state index >= 15 is 0 Å². The molecule has 0 aliphatic heterocycles. The van der Waals surface area contributed by atoms with Gasteiger partial charge in [0.2, 0.25) is 0 Å². The standard InChI is InChI=1S/C13H12BrNO2S/c1-6-3-4-9(14)8(5-6)11-7(2)10(15)12(18-11)13(16)17/h3-5H,15H2,1-2H3,(H,16,17). The van der Waals surface area contributed by atoms with Gasteiger partial charge in [-0.05, 0) is 31.5 Å². The maximum atomic E-state index is 11.1. The van der Waals surface area contributed by atoms with Crippen molar-refractivity contribution in [3.8, 4) is 10.4 Å². The second kappa shape index (κ2) is 4.74. The van der Waals surface area contributed by atoms with E-state index < -0.39 is 5.97 Å². The van der Waals surface area contributed by atoms with Gasteiger partial charge in [-0.1, -0.05) is 27.6 Å². The van der Waals surface area contributed by atoms with E-state index in [0.717, 1.165) is 26.0 Å². The summed E-state index contributed by atoms with van der Waals surface area (Å²) in [5, 5.41) is 9.09. The Morgan fingerprint density at radius 2 is 2.06 bits per heavy atom. The topological polar surface area (TPSA) is 63.3 Å². The normalized spacial score (nSPS) is 10.6. The lowest BCUT2D eigenvalue weighted by Crippen LogP contribution is -1.97. The first-order chi connectivity index (χ1) is 8.41. The van der Waals surface area contributed by atoms with Gasteiger partial charge in [0.05, 0.1) is 5.69 Å². The molecule has 0 atom stereocenters. The molecule has 18 heavy (non-hydrogen) atoms. The monoisotopic (exact) mass is 325 g/mol. The van der Waals surface area contributed by atoms with Gasteiger partial charge in [0.25, 0.3) is 0 Å². The number of nitrogens with two attached hydrogens (primary N) is 1. The van der Waals surface area contributed by atoms with Crippen LogP contribution in [0.2, 0.25) is 0 Å². The van der Waals surface area contributed by atoms with E-state index in [0.29, 0.717) is 5.69 Å². The van der Waals surface area contributed by atoms with Crippen LogP contribution in [0.1, 0.15) is 20.8 Å². The van der Waals surface area contributed by atoms with Crippen molar-refractivity contribution in [2.45, 2.75) is 13.8 Å². The average molecular weight is 326 g/mol. The third-order valence-electron chi connectivity index (χ3n) is 2.75. The first kappa shape index (κ1) is 13.1. The summed E-state index contributed by atoms with van der Waals surface area (Å²) in [5.41, 5.74) is 9.13. The van der Waals surface area contributed by atoms with E-state index in [-0.39, 0.29) is 4.88 Å². The third kappa shape index (κ3) is 2.15. The second-order valence-electron chi connectivity index (χ2n) is 4.09. The highest BCUT2D eigenvalue weighted by Gasteiger charge is 2.19. The predicted molar refractivity (Wildman–Crippen MR) is 78.3 cm³/mol. The number of aryl methyl sites for hydroxylation is 1. The number of carbonyl (C=O) groups is 1. The molecule has 0 amide bonds. The molecule has 0 saturated heterocycles. The molecule has 1 aromatic heterocycles. The minimum atomic E-state index is -0.976. The van der Waals surface area contributed by atoms with Crippen LogP contribution < -0.4 is 5.73 Å². The number of carboxylic acid groups (broad SMARTS) is 1. The van der Waals surface area contributed by atoms with E-state index in [1.54, 1.807) is 0 Å². The molecular formula is C13H12BrNO2S. The number of anilines is 1. The molecule has 5 heteroatoms. The Bertz CT molecular complexity index is 634. The smallest absolute Gasteiger partial charge is 0.348 e. The highest BCUT2D eigenvalue weighted by Crippen LogP contribution is 2.41. The van der Waals surface area contributed by atoms with E-state index in [1.807, 2.05) is 32.0 Å². The van der Waals surface area contributed by atoms with Gasteiger partial charge in [0, 0.05) is 14.9 Å². The van der Waals surface area contributed by atoms with Crippen molar-refractivity contribution in [1.82, 2.24) is 0 Å². The van der Waals surface area contributed by atoms with Crippen molar-refractivity contribution in [3.05, 3.63) is 38.7 Å². The molecule has 2 aromatic rings. The SMILES string of the molecule is Cc1ccc(Br)c(-c2sc(C(=O)O)c(N)c2C)c1. The Morgan fingerprint density at radius 3 is 2.61 bits per heavy atom. The molecule has 0 aliphatic carbocycles. The fourth-order valence-electron chi connectivity index (χ4n) is 1.76. The fraction of sp³-hybridized carbons (Fsp3) is 0.154. The first-order valence-electron chi connectivity index (χ1n) is 5.30. The second-order valence-corrected chi connectivity index (χ2v) is 5.96. The van der Waals surface area contributed by atoms with Crippen LogP contribution in [-0.2, 0) is 0 Å². The molecule has 0 unspecified atom stereocenters. The lowest BCUT2D eigenvalue weighted by atomic mass is 10.1. The number of hydrogen-bond donors (Lipinski definition) is 2. The van der Waals surface area contributed by atoms with Gasteiger partial charge >= 0.3 is 5.97 Å².